The Bertz CT molecular complexity index is 611. The Morgan fingerprint density at radius 3 is 2.58 bits per heavy atom. The van der Waals surface area contributed by atoms with E-state index in [2.05, 4.69) is 22.2 Å². The predicted octanol–water partition coefficient (Wildman–Crippen LogP) is 1.45. The summed E-state index contributed by atoms with van der Waals surface area (Å²) in [5, 5.41) is 2.69. The zero-order valence-electron chi connectivity index (χ0n) is 14.5. The smallest absolute Gasteiger partial charge is 0.272 e. The number of aromatic nitrogens is 1. The summed E-state index contributed by atoms with van der Waals surface area (Å²) in [5.41, 5.74) is 1.69. The van der Waals surface area contributed by atoms with E-state index in [0.717, 1.165) is 25.8 Å². The van der Waals surface area contributed by atoms with Gasteiger partial charge in [-0.25, -0.2) is 0 Å². The van der Waals surface area contributed by atoms with Crippen molar-refractivity contribution in [3.63, 3.8) is 0 Å². The standard InChI is InChI=1S/C18H26N4O2/c1-19-17(23)13-6-10-22(11-7-13)18(24)15-12-14(5-8-20-15)16-4-3-9-21(16)2/h5,8,12-13,16H,3-4,6-7,9-11H2,1-2H3,(H,19,23). The number of hydrogen-bond donors (Lipinski definition) is 1. The highest BCUT2D eigenvalue weighted by Crippen LogP contribution is 2.30. The van der Waals surface area contributed by atoms with Crippen LogP contribution in [-0.4, -0.2) is 60.3 Å². The molecule has 1 unspecified atom stereocenters. The van der Waals surface area contributed by atoms with E-state index in [1.165, 1.54) is 12.0 Å². The van der Waals surface area contributed by atoms with E-state index in [1.807, 2.05) is 17.0 Å². The van der Waals surface area contributed by atoms with Crippen LogP contribution in [0, 0.1) is 5.92 Å². The highest BCUT2D eigenvalue weighted by molar-refractivity contribution is 5.92. The quantitative estimate of drug-likeness (QED) is 0.911. The summed E-state index contributed by atoms with van der Waals surface area (Å²) in [5.74, 6) is 0.0739. The molecule has 0 bridgehead atoms. The molecule has 1 aromatic rings. The van der Waals surface area contributed by atoms with Crippen LogP contribution in [0.15, 0.2) is 18.3 Å². The molecule has 2 saturated heterocycles. The lowest BCUT2D eigenvalue weighted by atomic mass is 9.95. The average molecular weight is 330 g/mol. The van der Waals surface area contributed by atoms with Gasteiger partial charge in [0.1, 0.15) is 5.69 Å². The van der Waals surface area contributed by atoms with Gasteiger partial charge in [0.15, 0.2) is 0 Å². The van der Waals surface area contributed by atoms with Crippen molar-refractivity contribution in [1.82, 2.24) is 20.1 Å². The highest BCUT2D eigenvalue weighted by atomic mass is 16.2. The van der Waals surface area contributed by atoms with Crippen LogP contribution in [0.25, 0.3) is 0 Å². The molecule has 3 heterocycles. The van der Waals surface area contributed by atoms with E-state index < -0.39 is 0 Å². The fraction of sp³-hybridized carbons (Fsp3) is 0.611. The lowest BCUT2D eigenvalue weighted by molar-refractivity contribution is -0.125. The van der Waals surface area contributed by atoms with E-state index >= 15 is 0 Å². The van der Waals surface area contributed by atoms with Gasteiger partial charge in [-0.05, 0) is 57.0 Å². The molecule has 0 radical (unpaired) electrons. The van der Waals surface area contributed by atoms with Crippen molar-refractivity contribution in [3.05, 3.63) is 29.6 Å². The van der Waals surface area contributed by atoms with Crippen LogP contribution in [0.3, 0.4) is 0 Å². The van der Waals surface area contributed by atoms with Crippen molar-refractivity contribution in [1.29, 1.82) is 0 Å². The van der Waals surface area contributed by atoms with Crippen molar-refractivity contribution in [2.24, 2.45) is 5.92 Å². The molecule has 2 fully saturated rings. The lowest BCUT2D eigenvalue weighted by Crippen LogP contribution is -2.42. The molecule has 2 aliphatic heterocycles. The highest BCUT2D eigenvalue weighted by Gasteiger charge is 2.29. The molecule has 0 aliphatic carbocycles. The summed E-state index contributed by atoms with van der Waals surface area (Å²) in [4.78, 5) is 32.9. The minimum atomic E-state index is -0.0205. The Balaban J connectivity index is 1.66. The van der Waals surface area contributed by atoms with Crippen LogP contribution >= 0.6 is 0 Å². The van der Waals surface area contributed by atoms with Gasteiger partial charge in [-0.15, -0.1) is 0 Å². The van der Waals surface area contributed by atoms with E-state index in [0.29, 0.717) is 24.8 Å². The minimum absolute atomic E-state index is 0.0190. The number of rotatable bonds is 3. The second-order valence-electron chi connectivity index (χ2n) is 6.79. The maximum absolute atomic E-state index is 12.7. The van der Waals surface area contributed by atoms with Gasteiger partial charge in [0.05, 0.1) is 0 Å². The Morgan fingerprint density at radius 2 is 1.96 bits per heavy atom. The van der Waals surface area contributed by atoms with E-state index in [4.69, 9.17) is 0 Å². The number of carbonyl (C=O) groups is 2. The molecule has 6 heteroatoms. The third-order valence-corrected chi connectivity index (χ3v) is 5.31. The van der Waals surface area contributed by atoms with Crippen molar-refractivity contribution in [2.45, 2.75) is 31.7 Å². The zero-order valence-corrected chi connectivity index (χ0v) is 14.5. The summed E-state index contributed by atoms with van der Waals surface area (Å²) in [7, 11) is 3.79. The van der Waals surface area contributed by atoms with Gasteiger partial charge in [0, 0.05) is 38.3 Å². The third kappa shape index (κ3) is 3.43. The molecular formula is C18H26N4O2. The summed E-state index contributed by atoms with van der Waals surface area (Å²) >= 11 is 0. The number of amides is 2. The van der Waals surface area contributed by atoms with Gasteiger partial charge in [-0.2, -0.15) is 0 Å². The summed E-state index contributed by atoms with van der Waals surface area (Å²) in [6.45, 7) is 2.33. The first-order chi connectivity index (χ1) is 11.6. The van der Waals surface area contributed by atoms with Gasteiger partial charge in [-0.3, -0.25) is 19.5 Å². The van der Waals surface area contributed by atoms with Crippen molar-refractivity contribution in [2.75, 3.05) is 33.7 Å². The Morgan fingerprint density at radius 1 is 1.21 bits per heavy atom. The van der Waals surface area contributed by atoms with Crippen LogP contribution < -0.4 is 5.32 Å². The minimum Gasteiger partial charge on any atom is -0.359 e. The molecule has 0 saturated carbocycles. The van der Waals surface area contributed by atoms with Crippen LogP contribution in [0.2, 0.25) is 0 Å². The van der Waals surface area contributed by atoms with E-state index in [1.54, 1.807) is 13.2 Å². The predicted molar refractivity (Wildman–Crippen MR) is 91.5 cm³/mol. The summed E-state index contributed by atoms with van der Waals surface area (Å²) < 4.78 is 0. The van der Waals surface area contributed by atoms with Gasteiger partial charge >= 0.3 is 0 Å². The maximum Gasteiger partial charge on any atom is 0.272 e. The molecule has 3 rings (SSSR count). The van der Waals surface area contributed by atoms with E-state index in [9.17, 15) is 9.59 Å². The number of hydrogen-bond acceptors (Lipinski definition) is 4. The molecule has 2 aliphatic rings. The first-order valence-electron chi connectivity index (χ1n) is 8.77. The van der Waals surface area contributed by atoms with Crippen LogP contribution in [0.5, 0.6) is 0 Å². The third-order valence-electron chi connectivity index (χ3n) is 5.31. The molecule has 1 N–H and O–H groups in total. The van der Waals surface area contributed by atoms with Crippen LogP contribution in [0.1, 0.15) is 47.8 Å². The van der Waals surface area contributed by atoms with Gasteiger partial charge in [0.25, 0.3) is 5.91 Å². The van der Waals surface area contributed by atoms with Crippen molar-refractivity contribution >= 4 is 11.8 Å². The maximum atomic E-state index is 12.7. The number of likely N-dealkylation sites (tertiary alicyclic amines) is 2. The first-order valence-corrected chi connectivity index (χ1v) is 8.77. The normalized spacial score (nSPS) is 22.6. The number of piperidine rings is 1. The molecule has 6 nitrogen and oxygen atoms in total. The molecule has 24 heavy (non-hydrogen) atoms. The van der Waals surface area contributed by atoms with Gasteiger partial charge in [-0.1, -0.05) is 0 Å². The number of nitrogens with zero attached hydrogens (tertiary/aromatic N) is 3. The number of pyridine rings is 1. The lowest BCUT2D eigenvalue weighted by Gasteiger charge is -2.31. The first kappa shape index (κ1) is 16.9. The molecule has 1 atom stereocenters. The molecular weight excluding hydrogens is 304 g/mol. The van der Waals surface area contributed by atoms with Crippen molar-refractivity contribution in [3.8, 4) is 0 Å². The van der Waals surface area contributed by atoms with Crippen LogP contribution in [0.4, 0.5) is 0 Å². The molecule has 2 amide bonds. The van der Waals surface area contributed by atoms with Gasteiger partial charge in [0.2, 0.25) is 5.91 Å². The topological polar surface area (TPSA) is 65.5 Å². The average Bonchev–Trinajstić information content (AvgIpc) is 3.06. The summed E-state index contributed by atoms with van der Waals surface area (Å²) in [6, 6.07) is 4.35. The van der Waals surface area contributed by atoms with E-state index in [-0.39, 0.29) is 17.7 Å². The van der Waals surface area contributed by atoms with Crippen LogP contribution in [-0.2, 0) is 4.79 Å². The number of nitrogens with one attached hydrogen (secondary N) is 1. The largest absolute Gasteiger partial charge is 0.359 e. The Hall–Kier alpha value is -1.95. The monoisotopic (exact) mass is 330 g/mol. The number of carbonyl (C=O) groups excluding carboxylic acids is 2. The second kappa shape index (κ2) is 7.30. The SMILES string of the molecule is CNC(=O)C1CCN(C(=O)c2cc(C3CCCN3C)ccn2)CC1. The van der Waals surface area contributed by atoms with Gasteiger partial charge < -0.3 is 10.2 Å². The molecule has 1 aromatic heterocycles. The Kier molecular flexibility index (Phi) is 5.14. The summed E-state index contributed by atoms with van der Waals surface area (Å²) in [6.07, 6.45) is 5.50. The fourth-order valence-corrected chi connectivity index (χ4v) is 3.81. The second-order valence-corrected chi connectivity index (χ2v) is 6.79. The van der Waals surface area contributed by atoms with Crippen molar-refractivity contribution < 1.29 is 9.59 Å². The molecule has 0 spiro atoms. The fourth-order valence-electron chi connectivity index (χ4n) is 3.81. The zero-order chi connectivity index (χ0) is 17.1. The molecule has 130 valence electrons. The Labute approximate surface area is 143 Å². The molecule has 0 aromatic carbocycles.